The largest absolute Gasteiger partial charge is 0.497 e. The molecule has 0 saturated heterocycles. The van der Waals surface area contributed by atoms with Crippen LogP contribution in [0.2, 0.25) is 5.02 Å². The van der Waals surface area contributed by atoms with Crippen LogP contribution in [-0.4, -0.2) is 51.4 Å². The van der Waals surface area contributed by atoms with Gasteiger partial charge in [-0.2, -0.15) is 0 Å². The minimum atomic E-state index is -4.20. The van der Waals surface area contributed by atoms with E-state index in [4.69, 9.17) is 16.3 Å². The Morgan fingerprint density at radius 1 is 1.00 bits per heavy atom. The molecule has 0 spiro atoms. The van der Waals surface area contributed by atoms with Gasteiger partial charge in [-0.1, -0.05) is 54.4 Å². The number of hydrogen-bond donors (Lipinski definition) is 1. The van der Waals surface area contributed by atoms with Gasteiger partial charge in [0.1, 0.15) is 18.3 Å². The smallest absolute Gasteiger partial charge is 0.264 e. The summed E-state index contributed by atoms with van der Waals surface area (Å²) in [5.41, 5.74) is 2.07. The number of rotatable bonds is 12. The molecule has 1 N–H and O–H groups in total. The number of amides is 2. The molecule has 0 fully saturated rings. The van der Waals surface area contributed by atoms with Crippen molar-refractivity contribution in [3.63, 3.8) is 0 Å². The molecule has 1 unspecified atom stereocenters. The highest BCUT2D eigenvalue weighted by molar-refractivity contribution is 7.92. The molecule has 3 aromatic carbocycles. The van der Waals surface area contributed by atoms with E-state index < -0.39 is 28.5 Å². The number of sulfonamides is 1. The molecular formula is C29H34ClN3O5S. The topological polar surface area (TPSA) is 96.0 Å². The predicted molar refractivity (Wildman–Crippen MR) is 153 cm³/mol. The summed E-state index contributed by atoms with van der Waals surface area (Å²) in [6.07, 6.45) is 0.353. The molecule has 8 nitrogen and oxygen atoms in total. The Hall–Kier alpha value is -3.56. The predicted octanol–water partition coefficient (Wildman–Crippen LogP) is 4.80. The number of nitrogens with zero attached hydrogens (tertiary/aromatic N) is 2. The maximum absolute atomic E-state index is 14.0. The fourth-order valence-electron chi connectivity index (χ4n) is 4.25. The van der Waals surface area contributed by atoms with Gasteiger partial charge in [0.15, 0.2) is 0 Å². The number of ether oxygens (including phenoxy) is 1. The van der Waals surface area contributed by atoms with Crippen molar-refractivity contribution in [2.24, 2.45) is 0 Å². The molecule has 0 aliphatic heterocycles. The summed E-state index contributed by atoms with van der Waals surface area (Å²) in [7, 11) is -2.71. The van der Waals surface area contributed by atoms with Crippen molar-refractivity contribution in [1.82, 2.24) is 10.2 Å². The molecule has 0 aliphatic carbocycles. The summed E-state index contributed by atoms with van der Waals surface area (Å²) >= 11 is 6.21. The van der Waals surface area contributed by atoms with Crippen molar-refractivity contribution >= 4 is 39.1 Å². The van der Waals surface area contributed by atoms with E-state index in [1.165, 1.54) is 42.3 Å². The minimum Gasteiger partial charge on any atom is -0.497 e. The first-order valence-corrected chi connectivity index (χ1v) is 14.5. The van der Waals surface area contributed by atoms with Gasteiger partial charge in [-0.05, 0) is 68.3 Å². The Bertz CT molecular complexity index is 1400. The number of benzene rings is 3. The average Bonchev–Trinajstić information content (AvgIpc) is 2.91. The number of nitrogens with one attached hydrogen (secondary N) is 1. The van der Waals surface area contributed by atoms with Crippen molar-refractivity contribution in [3.05, 3.63) is 88.9 Å². The number of aryl methyl sites for hydroxylation is 1. The number of carbonyl (C=O) groups excluding carboxylic acids is 2. The number of hydrogen-bond acceptors (Lipinski definition) is 5. The van der Waals surface area contributed by atoms with Gasteiger partial charge >= 0.3 is 0 Å². The van der Waals surface area contributed by atoms with Crippen molar-refractivity contribution in [3.8, 4) is 5.75 Å². The van der Waals surface area contributed by atoms with Crippen LogP contribution in [-0.2, 0) is 26.2 Å². The van der Waals surface area contributed by atoms with E-state index in [0.717, 1.165) is 15.4 Å². The van der Waals surface area contributed by atoms with E-state index in [1.807, 2.05) is 38.1 Å². The van der Waals surface area contributed by atoms with E-state index in [2.05, 4.69) is 5.32 Å². The zero-order chi connectivity index (χ0) is 28.6. The Kier molecular flexibility index (Phi) is 10.4. The van der Waals surface area contributed by atoms with E-state index >= 15 is 0 Å². The van der Waals surface area contributed by atoms with E-state index in [1.54, 1.807) is 25.1 Å². The van der Waals surface area contributed by atoms with Crippen LogP contribution < -0.4 is 14.4 Å². The maximum atomic E-state index is 14.0. The molecule has 0 saturated carbocycles. The second-order valence-electron chi connectivity index (χ2n) is 9.00. The first kappa shape index (κ1) is 30.0. The lowest BCUT2D eigenvalue weighted by Crippen LogP contribution is -2.52. The molecule has 1 atom stereocenters. The van der Waals surface area contributed by atoms with Gasteiger partial charge in [0, 0.05) is 18.1 Å². The Morgan fingerprint density at radius 3 is 2.28 bits per heavy atom. The van der Waals surface area contributed by atoms with Crippen molar-refractivity contribution < 1.29 is 22.7 Å². The first-order chi connectivity index (χ1) is 18.6. The van der Waals surface area contributed by atoms with Gasteiger partial charge in [0.05, 0.1) is 17.7 Å². The lowest BCUT2D eigenvalue weighted by atomic mass is 10.1. The zero-order valence-corrected chi connectivity index (χ0v) is 24.1. The molecule has 39 heavy (non-hydrogen) atoms. The number of likely N-dealkylation sites (N-methyl/N-ethyl adjacent to an activating group) is 1. The van der Waals surface area contributed by atoms with E-state index in [9.17, 15) is 18.0 Å². The van der Waals surface area contributed by atoms with Gasteiger partial charge in [0.25, 0.3) is 10.0 Å². The number of halogens is 1. The molecule has 3 rings (SSSR count). The summed E-state index contributed by atoms with van der Waals surface area (Å²) in [5, 5.41) is 3.11. The summed E-state index contributed by atoms with van der Waals surface area (Å²) in [4.78, 5) is 28.4. The lowest BCUT2D eigenvalue weighted by Gasteiger charge is -2.33. The molecule has 0 bridgehead atoms. The van der Waals surface area contributed by atoms with Crippen molar-refractivity contribution in [1.29, 1.82) is 0 Å². The van der Waals surface area contributed by atoms with Crippen LogP contribution in [0.1, 0.15) is 31.4 Å². The summed E-state index contributed by atoms with van der Waals surface area (Å²) in [6, 6.07) is 19.1. The third kappa shape index (κ3) is 7.52. The normalized spacial score (nSPS) is 11.9. The van der Waals surface area contributed by atoms with Gasteiger partial charge in [-0.25, -0.2) is 8.42 Å². The van der Waals surface area contributed by atoms with Gasteiger partial charge in [0.2, 0.25) is 11.8 Å². The van der Waals surface area contributed by atoms with Gasteiger partial charge in [-0.15, -0.1) is 0 Å². The molecule has 0 aromatic heterocycles. The molecule has 208 valence electrons. The third-order valence-electron chi connectivity index (χ3n) is 6.19. The molecular weight excluding hydrogens is 538 g/mol. The second-order valence-corrected chi connectivity index (χ2v) is 11.3. The maximum Gasteiger partial charge on any atom is 0.264 e. The summed E-state index contributed by atoms with van der Waals surface area (Å²) in [6.45, 7) is 5.58. The quantitative estimate of drug-likeness (QED) is 0.337. The van der Waals surface area contributed by atoms with Gasteiger partial charge < -0.3 is 15.0 Å². The van der Waals surface area contributed by atoms with Crippen LogP contribution in [0.5, 0.6) is 5.75 Å². The van der Waals surface area contributed by atoms with Gasteiger partial charge in [-0.3, -0.25) is 13.9 Å². The van der Waals surface area contributed by atoms with Crippen molar-refractivity contribution in [2.45, 2.75) is 44.7 Å². The van der Waals surface area contributed by atoms with E-state index in [-0.39, 0.29) is 23.0 Å². The fourth-order valence-corrected chi connectivity index (χ4v) is 5.84. The molecule has 0 aliphatic rings. The highest BCUT2D eigenvalue weighted by Gasteiger charge is 2.33. The van der Waals surface area contributed by atoms with Crippen LogP contribution in [0.15, 0.2) is 77.7 Å². The third-order valence-corrected chi connectivity index (χ3v) is 8.22. The van der Waals surface area contributed by atoms with Crippen LogP contribution in [0.25, 0.3) is 0 Å². The molecule has 0 heterocycles. The Balaban J connectivity index is 2.06. The first-order valence-electron chi connectivity index (χ1n) is 12.7. The second kappa shape index (κ2) is 13.5. The number of anilines is 1. The molecule has 3 aromatic rings. The Morgan fingerprint density at radius 2 is 1.69 bits per heavy atom. The highest BCUT2D eigenvalue weighted by atomic mass is 35.5. The van der Waals surface area contributed by atoms with Crippen LogP contribution in [0, 0.1) is 6.92 Å². The lowest BCUT2D eigenvalue weighted by molar-refractivity contribution is -0.140. The standard InChI is InChI=1S/C29H34ClN3O5S/c1-5-27(29(35)31-6-2)32(19-22-10-7-9-21(3)17-22)28(34)20-33(24-12-8-11-23(30)18-24)39(36,37)26-15-13-25(38-4)14-16-26/h7-18,27H,5-6,19-20H2,1-4H3,(H,31,35). The average molecular weight is 572 g/mol. The minimum absolute atomic E-state index is 0.0166. The zero-order valence-electron chi connectivity index (χ0n) is 22.6. The van der Waals surface area contributed by atoms with Crippen LogP contribution in [0.4, 0.5) is 5.69 Å². The van der Waals surface area contributed by atoms with Crippen LogP contribution in [0.3, 0.4) is 0 Å². The van der Waals surface area contributed by atoms with Crippen LogP contribution >= 0.6 is 11.6 Å². The van der Waals surface area contributed by atoms with Crippen molar-refractivity contribution in [2.75, 3.05) is 24.5 Å². The van der Waals surface area contributed by atoms with E-state index in [0.29, 0.717) is 23.7 Å². The number of carbonyl (C=O) groups is 2. The molecule has 10 heteroatoms. The Labute approximate surface area is 235 Å². The molecule has 0 radical (unpaired) electrons. The number of methoxy groups -OCH3 is 1. The SMILES string of the molecule is CCNC(=O)C(CC)N(Cc1cccc(C)c1)C(=O)CN(c1cccc(Cl)c1)S(=O)(=O)c1ccc(OC)cc1. The monoisotopic (exact) mass is 571 g/mol. The fraction of sp³-hybridized carbons (Fsp3) is 0.310. The highest BCUT2D eigenvalue weighted by Crippen LogP contribution is 2.28. The summed E-state index contributed by atoms with van der Waals surface area (Å²) in [5.74, 6) is -0.323. The molecule has 2 amide bonds. The summed E-state index contributed by atoms with van der Waals surface area (Å²) < 4.78 is 33.9.